The Kier molecular flexibility index (Phi) is 5.63. The number of thiophene rings is 1. The molecule has 0 saturated heterocycles. The molecule has 1 N–H and O–H groups in total. The number of benzene rings is 1. The quantitative estimate of drug-likeness (QED) is 0.709. The third kappa shape index (κ3) is 4.55. The number of amides is 1. The van der Waals surface area contributed by atoms with Gasteiger partial charge in [-0.1, -0.05) is 29.8 Å². The van der Waals surface area contributed by atoms with Crippen molar-refractivity contribution < 1.29 is 4.79 Å². The number of hydrogen-bond acceptors (Lipinski definition) is 4. The zero-order valence-electron chi connectivity index (χ0n) is 13.3. The Balaban J connectivity index is 1.58. The monoisotopic (exact) mass is 373 g/mol. The molecule has 0 atom stereocenters. The Morgan fingerprint density at radius 2 is 2.00 bits per heavy atom. The second-order valence-corrected chi connectivity index (χ2v) is 6.74. The highest BCUT2D eigenvalue weighted by Crippen LogP contribution is 2.22. The molecule has 2 aromatic heterocycles. The highest BCUT2D eigenvalue weighted by Gasteiger charge is 2.07. The number of carbonyl (C=O) groups excluding carboxylic acids is 1. The first-order valence-corrected chi connectivity index (χ1v) is 9.06. The van der Waals surface area contributed by atoms with Gasteiger partial charge in [-0.05, 0) is 36.1 Å². The molecule has 0 fully saturated rings. The molecule has 2 heterocycles. The van der Waals surface area contributed by atoms with Crippen LogP contribution in [0.15, 0.2) is 58.7 Å². The summed E-state index contributed by atoms with van der Waals surface area (Å²) in [4.78, 5) is 25.0. The lowest BCUT2D eigenvalue weighted by Gasteiger charge is -2.08. The predicted octanol–water partition coefficient (Wildman–Crippen LogP) is 4.04. The van der Waals surface area contributed by atoms with Gasteiger partial charge < -0.3 is 5.32 Å². The molecule has 0 bridgehead atoms. The summed E-state index contributed by atoms with van der Waals surface area (Å²) >= 11 is 7.58. The van der Waals surface area contributed by atoms with Crippen molar-refractivity contribution in [2.24, 2.45) is 0 Å². The topological polar surface area (TPSA) is 64.0 Å². The molecule has 1 amide bonds. The lowest BCUT2D eigenvalue weighted by Crippen LogP contribution is -2.23. The van der Waals surface area contributed by atoms with Gasteiger partial charge in [0, 0.05) is 19.0 Å². The minimum absolute atomic E-state index is 0.143. The van der Waals surface area contributed by atoms with Crippen LogP contribution in [0.25, 0.3) is 10.6 Å². The number of para-hydroxylation sites is 1. The maximum Gasteiger partial charge on any atom is 0.266 e. The predicted molar refractivity (Wildman–Crippen MR) is 101 cm³/mol. The zero-order valence-corrected chi connectivity index (χ0v) is 14.9. The molecule has 0 saturated carbocycles. The van der Waals surface area contributed by atoms with E-state index in [9.17, 15) is 9.59 Å². The van der Waals surface area contributed by atoms with Gasteiger partial charge in [-0.15, -0.1) is 11.3 Å². The standard InChI is InChI=1S/C18H16ClN3O2S/c19-13-5-1-2-6-14(13)20-17(23)8-3-11-22-18(24)10-9-15(21-22)16-7-4-12-25-16/h1-2,4-7,9-10,12H,3,8,11H2,(H,20,23). The second-order valence-electron chi connectivity index (χ2n) is 5.39. The van der Waals surface area contributed by atoms with Gasteiger partial charge in [0.05, 0.1) is 15.6 Å². The summed E-state index contributed by atoms with van der Waals surface area (Å²) in [5.74, 6) is -0.143. The summed E-state index contributed by atoms with van der Waals surface area (Å²) in [6.45, 7) is 0.383. The van der Waals surface area contributed by atoms with Crippen molar-refractivity contribution in [2.75, 3.05) is 5.32 Å². The van der Waals surface area contributed by atoms with E-state index in [1.807, 2.05) is 17.5 Å². The first-order chi connectivity index (χ1) is 12.1. The lowest BCUT2D eigenvalue weighted by molar-refractivity contribution is -0.116. The molecule has 0 unspecified atom stereocenters. The summed E-state index contributed by atoms with van der Waals surface area (Å²) in [6, 6.07) is 14.2. The largest absolute Gasteiger partial charge is 0.325 e. The Hall–Kier alpha value is -2.44. The molecule has 0 aliphatic rings. The van der Waals surface area contributed by atoms with Crippen molar-refractivity contribution in [3.05, 3.63) is 69.3 Å². The van der Waals surface area contributed by atoms with Gasteiger partial charge in [0.1, 0.15) is 5.69 Å². The Morgan fingerprint density at radius 3 is 2.76 bits per heavy atom. The fraction of sp³-hybridized carbons (Fsp3) is 0.167. The van der Waals surface area contributed by atoms with Crippen LogP contribution in [0.1, 0.15) is 12.8 Å². The van der Waals surface area contributed by atoms with Gasteiger partial charge in [0.25, 0.3) is 5.56 Å². The summed E-state index contributed by atoms with van der Waals surface area (Å²) < 4.78 is 1.40. The van der Waals surface area contributed by atoms with Gasteiger partial charge in [0.2, 0.25) is 5.91 Å². The number of carbonyl (C=O) groups is 1. The van der Waals surface area contributed by atoms with Crippen molar-refractivity contribution in [3.8, 4) is 10.6 Å². The molecule has 1 aromatic carbocycles. The number of rotatable bonds is 6. The van der Waals surface area contributed by atoms with E-state index in [1.165, 1.54) is 10.7 Å². The van der Waals surface area contributed by atoms with E-state index in [1.54, 1.807) is 41.7 Å². The maximum atomic E-state index is 12.0. The fourth-order valence-corrected chi connectivity index (χ4v) is 3.20. The van der Waals surface area contributed by atoms with Crippen molar-refractivity contribution in [1.29, 1.82) is 0 Å². The van der Waals surface area contributed by atoms with Crippen molar-refractivity contribution in [1.82, 2.24) is 9.78 Å². The van der Waals surface area contributed by atoms with Crippen LogP contribution in [0.3, 0.4) is 0 Å². The smallest absolute Gasteiger partial charge is 0.266 e. The van der Waals surface area contributed by atoms with Crippen LogP contribution in [0.4, 0.5) is 5.69 Å². The average Bonchev–Trinajstić information content (AvgIpc) is 3.13. The third-order valence-corrected chi connectivity index (χ3v) is 4.78. The van der Waals surface area contributed by atoms with Gasteiger partial charge in [-0.3, -0.25) is 9.59 Å². The maximum absolute atomic E-state index is 12.0. The van der Waals surface area contributed by atoms with E-state index in [0.717, 1.165) is 10.6 Å². The molecular formula is C18H16ClN3O2S. The number of aryl methyl sites for hydroxylation is 1. The fourth-order valence-electron chi connectivity index (χ4n) is 2.33. The van der Waals surface area contributed by atoms with Crippen molar-refractivity contribution in [3.63, 3.8) is 0 Å². The van der Waals surface area contributed by atoms with Gasteiger partial charge in [-0.25, -0.2) is 4.68 Å². The summed E-state index contributed by atoms with van der Waals surface area (Å²) in [5.41, 5.74) is 1.17. The number of halogens is 1. The third-order valence-electron chi connectivity index (χ3n) is 3.56. The molecule has 3 rings (SSSR count). The molecule has 0 spiro atoms. The Bertz CT molecular complexity index is 922. The summed E-state index contributed by atoms with van der Waals surface area (Å²) in [5, 5.41) is 9.60. The molecule has 0 aliphatic heterocycles. The molecule has 128 valence electrons. The van der Waals surface area contributed by atoms with E-state index >= 15 is 0 Å². The van der Waals surface area contributed by atoms with Crippen LogP contribution in [-0.4, -0.2) is 15.7 Å². The number of nitrogens with zero attached hydrogens (tertiary/aromatic N) is 2. The number of nitrogens with one attached hydrogen (secondary N) is 1. The van der Waals surface area contributed by atoms with Crippen LogP contribution in [0.5, 0.6) is 0 Å². The zero-order chi connectivity index (χ0) is 17.6. The number of anilines is 1. The first kappa shape index (κ1) is 17.4. The number of hydrogen-bond donors (Lipinski definition) is 1. The molecule has 0 radical (unpaired) electrons. The average molecular weight is 374 g/mol. The summed E-state index contributed by atoms with van der Waals surface area (Å²) in [6.07, 6.45) is 0.791. The highest BCUT2D eigenvalue weighted by atomic mass is 35.5. The van der Waals surface area contributed by atoms with Gasteiger partial charge in [-0.2, -0.15) is 5.10 Å². The minimum atomic E-state index is -0.174. The molecule has 0 aliphatic carbocycles. The van der Waals surface area contributed by atoms with E-state index < -0.39 is 0 Å². The van der Waals surface area contributed by atoms with Crippen molar-refractivity contribution in [2.45, 2.75) is 19.4 Å². The van der Waals surface area contributed by atoms with Crippen LogP contribution in [-0.2, 0) is 11.3 Å². The van der Waals surface area contributed by atoms with E-state index in [2.05, 4.69) is 10.4 Å². The van der Waals surface area contributed by atoms with Crippen LogP contribution < -0.4 is 10.9 Å². The molecule has 5 nitrogen and oxygen atoms in total. The van der Waals surface area contributed by atoms with Gasteiger partial charge >= 0.3 is 0 Å². The Morgan fingerprint density at radius 1 is 1.16 bits per heavy atom. The van der Waals surface area contributed by atoms with Crippen LogP contribution in [0, 0.1) is 0 Å². The second kappa shape index (κ2) is 8.09. The van der Waals surface area contributed by atoms with Crippen molar-refractivity contribution >= 4 is 34.5 Å². The summed E-state index contributed by atoms with van der Waals surface area (Å²) in [7, 11) is 0. The first-order valence-electron chi connectivity index (χ1n) is 7.80. The normalized spacial score (nSPS) is 10.6. The van der Waals surface area contributed by atoms with E-state index in [0.29, 0.717) is 23.7 Å². The molecule has 7 heteroatoms. The Labute approximate surface area is 153 Å². The SMILES string of the molecule is O=C(CCCn1nc(-c2cccs2)ccc1=O)Nc1ccccc1Cl. The minimum Gasteiger partial charge on any atom is -0.325 e. The number of aromatic nitrogens is 2. The van der Waals surface area contributed by atoms with Gasteiger partial charge in [0.15, 0.2) is 0 Å². The van der Waals surface area contributed by atoms with Crippen LogP contribution in [0.2, 0.25) is 5.02 Å². The van der Waals surface area contributed by atoms with E-state index in [-0.39, 0.29) is 17.9 Å². The van der Waals surface area contributed by atoms with Crippen LogP contribution >= 0.6 is 22.9 Å². The highest BCUT2D eigenvalue weighted by molar-refractivity contribution is 7.13. The molecular weight excluding hydrogens is 358 g/mol. The van der Waals surface area contributed by atoms with E-state index in [4.69, 9.17) is 11.6 Å². The molecule has 25 heavy (non-hydrogen) atoms. The lowest BCUT2D eigenvalue weighted by atomic mass is 10.2. The molecule has 3 aromatic rings.